The number of benzene rings is 1. The molecule has 1 aliphatic heterocycles. The first-order chi connectivity index (χ1) is 10.0. The number of nitrogens with two attached hydrogens (primary N) is 1. The lowest BCUT2D eigenvalue weighted by Gasteiger charge is -2.24. The molecule has 1 aliphatic rings. The minimum Gasteiger partial charge on any atom is -0.508 e. The third-order valence-corrected chi connectivity index (χ3v) is 3.49. The summed E-state index contributed by atoms with van der Waals surface area (Å²) in [6.07, 6.45) is -0.375. The van der Waals surface area contributed by atoms with Crippen LogP contribution in [0.3, 0.4) is 0 Å². The van der Waals surface area contributed by atoms with Gasteiger partial charge in [0.2, 0.25) is 5.91 Å². The van der Waals surface area contributed by atoms with Crippen molar-refractivity contribution in [3.05, 3.63) is 29.8 Å². The van der Waals surface area contributed by atoms with Crippen LogP contribution in [0, 0.1) is 0 Å². The fourth-order valence-corrected chi connectivity index (χ4v) is 2.45. The molecule has 0 saturated carbocycles. The second-order valence-corrected chi connectivity index (χ2v) is 5.00. The van der Waals surface area contributed by atoms with Crippen LogP contribution in [0.25, 0.3) is 0 Å². The molecule has 4 N–H and O–H groups in total. The van der Waals surface area contributed by atoms with Gasteiger partial charge in [-0.25, -0.2) is 0 Å². The van der Waals surface area contributed by atoms with Gasteiger partial charge in [-0.05, 0) is 17.7 Å². The highest BCUT2D eigenvalue weighted by Gasteiger charge is 2.34. The van der Waals surface area contributed by atoms with Gasteiger partial charge in [0.25, 0.3) is 0 Å². The highest BCUT2D eigenvalue weighted by molar-refractivity contribution is 5.95. The predicted molar refractivity (Wildman–Crippen MR) is 76.7 cm³/mol. The Hall–Kier alpha value is -2.12. The Balaban J connectivity index is 2.07. The molecule has 1 saturated heterocycles. The molecule has 0 aromatic heterocycles. The molecule has 0 spiro atoms. The molecule has 2 unspecified atom stereocenters. The van der Waals surface area contributed by atoms with Crippen LogP contribution in [0.2, 0.25) is 0 Å². The van der Waals surface area contributed by atoms with Gasteiger partial charge >= 0.3 is 0 Å². The Kier molecular flexibility index (Phi) is 4.77. The van der Waals surface area contributed by atoms with E-state index in [1.807, 2.05) is 0 Å². The van der Waals surface area contributed by atoms with Crippen LogP contribution in [-0.4, -0.2) is 53.0 Å². The van der Waals surface area contributed by atoms with Gasteiger partial charge in [0, 0.05) is 19.5 Å². The Morgan fingerprint density at radius 1 is 1.52 bits per heavy atom. The van der Waals surface area contributed by atoms with E-state index in [0.29, 0.717) is 18.5 Å². The number of carbonyl (C=O) groups excluding carboxylic acids is 1. The monoisotopic (exact) mass is 293 g/mol. The lowest BCUT2D eigenvalue weighted by molar-refractivity contribution is -0.122. The van der Waals surface area contributed by atoms with Gasteiger partial charge < -0.3 is 20.8 Å². The maximum absolute atomic E-state index is 11.5. The van der Waals surface area contributed by atoms with E-state index >= 15 is 0 Å². The Morgan fingerprint density at radius 3 is 2.76 bits per heavy atom. The van der Waals surface area contributed by atoms with Gasteiger partial charge in [-0.1, -0.05) is 17.3 Å². The van der Waals surface area contributed by atoms with E-state index in [0.717, 1.165) is 5.71 Å². The van der Waals surface area contributed by atoms with Crippen molar-refractivity contribution in [1.82, 2.24) is 4.90 Å². The summed E-state index contributed by atoms with van der Waals surface area (Å²) in [7, 11) is 1.44. The summed E-state index contributed by atoms with van der Waals surface area (Å²) >= 11 is 0. The number of phenolic OH excluding ortho intramolecular Hbond substituents is 1. The summed E-state index contributed by atoms with van der Waals surface area (Å²) in [6.45, 7) is 0.678. The fourth-order valence-electron chi connectivity index (χ4n) is 2.45. The number of hydrogen-bond donors (Lipinski definition) is 3. The largest absolute Gasteiger partial charge is 0.508 e. The van der Waals surface area contributed by atoms with E-state index in [4.69, 9.17) is 10.6 Å². The summed E-state index contributed by atoms with van der Waals surface area (Å²) in [4.78, 5) is 18.0. The highest BCUT2D eigenvalue weighted by atomic mass is 16.6. The van der Waals surface area contributed by atoms with Crippen LogP contribution >= 0.6 is 0 Å². The van der Waals surface area contributed by atoms with Crippen molar-refractivity contribution in [3.8, 4) is 5.75 Å². The molecule has 1 fully saturated rings. The summed E-state index contributed by atoms with van der Waals surface area (Å²) in [5, 5.41) is 23.3. The SMILES string of the molecule is CON=C1CC(C(N)=O)N(CC(O)c2ccc(O)cc2)C1. The first kappa shape index (κ1) is 15.3. The zero-order valence-corrected chi connectivity index (χ0v) is 11.8. The van der Waals surface area contributed by atoms with E-state index in [1.54, 1.807) is 17.0 Å². The number of hydrogen-bond acceptors (Lipinski definition) is 6. The van der Waals surface area contributed by atoms with Crippen LogP contribution in [-0.2, 0) is 9.63 Å². The zero-order valence-electron chi connectivity index (χ0n) is 11.8. The Morgan fingerprint density at radius 2 is 2.19 bits per heavy atom. The van der Waals surface area contributed by atoms with Crippen LogP contribution in [0.1, 0.15) is 18.1 Å². The van der Waals surface area contributed by atoms with Crippen molar-refractivity contribution >= 4 is 11.6 Å². The summed E-state index contributed by atoms with van der Waals surface area (Å²) in [6, 6.07) is 5.79. The van der Waals surface area contributed by atoms with E-state index in [2.05, 4.69) is 5.16 Å². The molecule has 1 amide bonds. The molecular formula is C14H19N3O4. The number of phenols is 1. The second kappa shape index (κ2) is 6.55. The lowest BCUT2D eigenvalue weighted by atomic mass is 10.1. The predicted octanol–water partition coefficient (Wildman–Crippen LogP) is -0.0124. The fraction of sp³-hybridized carbons (Fsp3) is 0.429. The standard InChI is InChI=1S/C14H19N3O4/c1-21-16-10-6-12(14(15)20)17(7-10)8-13(19)9-2-4-11(18)5-3-9/h2-5,12-13,18-19H,6-8H2,1H3,(H2,15,20). The number of rotatable bonds is 5. The number of aliphatic hydroxyl groups excluding tert-OH is 1. The molecule has 7 heteroatoms. The maximum atomic E-state index is 11.5. The molecule has 2 atom stereocenters. The third kappa shape index (κ3) is 3.71. The first-order valence-electron chi connectivity index (χ1n) is 6.60. The molecule has 0 radical (unpaired) electrons. The molecule has 0 bridgehead atoms. The van der Waals surface area contributed by atoms with Gasteiger partial charge in [-0.15, -0.1) is 0 Å². The van der Waals surface area contributed by atoms with Crippen molar-refractivity contribution in [2.45, 2.75) is 18.6 Å². The van der Waals surface area contributed by atoms with Gasteiger partial charge in [-0.2, -0.15) is 0 Å². The van der Waals surface area contributed by atoms with E-state index in [-0.39, 0.29) is 12.3 Å². The van der Waals surface area contributed by atoms with Crippen LogP contribution < -0.4 is 5.73 Å². The molecule has 21 heavy (non-hydrogen) atoms. The van der Waals surface area contributed by atoms with Crippen LogP contribution in [0.4, 0.5) is 0 Å². The smallest absolute Gasteiger partial charge is 0.235 e. The van der Waals surface area contributed by atoms with Gasteiger partial charge in [0.15, 0.2) is 0 Å². The van der Waals surface area contributed by atoms with E-state index in [1.165, 1.54) is 19.2 Å². The van der Waals surface area contributed by atoms with Crippen molar-refractivity contribution in [2.75, 3.05) is 20.2 Å². The molecule has 7 nitrogen and oxygen atoms in total. The van der Waals surface area contributed by atoms with Crippen molar-refractivity contribution < 1.29 is 19.8 Å². The molecule has 1 heterocycles. The number of primary amides is 1. The van der Waals surface area contributed by atoms with Gasteiger partial charge in [-0.3, -0.25) is 9.69 Å². The molecule has 2 rings (SSSR count). The highest BCUT2D eigenvalue weighted by Crippen LogP contribution is 2.22. The van der Waals surface area contributed by atoms with E-state index in [9.17, 15) is 15.0 Å². The molecule has 0 aliphatic carbocycles. The average molecular weight is 293 g/mol. The third-order valence-electron chi connectivity index (χ3n) is 3.49. The number of likely N-dealkylation sites (tertiary alicyclic amines) is 1. The summed E-state index contributed by atoms with van der Waals surface area (Å²) in [5.74, 6) is -0.314. The topological polar surface area (TPSA) is 108 Å². The number of carbonyl (C=O) groups is 1. The van der Waals surface area contributed by atoms with Crippen LogP contribution in [0.15, 0.2) is 29.4 Å². The van der Waals surface area contributed by atoms with Gasteiger partial charge in [0.1, 0.15) is 12.9 Å². The number of amides is 1. The zero-order chi connectivity index (χ0) is 15.4. The molecular weight excluding hydrogens is 274 g/mol. The maximum Gasteiger partial charge on any atom is 0.235 e. The molecule has 1 aromatic carbocycles. The lowest BCUT2D eigenvalue weighted by Crippen LogP contribution is -2.42. The normalized spacial score (nSPS) is 22.4. The van der Waals surface area contributed by atoms with Crippen molar-refractivity contribution in [3.63, 3.8) is 0 Å². The van der Waals surface area contributed by atoms with E-state index < -0.39 is 18.1 Å². The van der Waals surface area contributed by atoms with Gasteiger partial charge in [0.05, 0.1) is 17.9 Å². The Labute approximate surface area is 122 Å². The number of aliphatic hydroxyl groups is 1. The number of nitrogens with zero attached hydrogens (tertiary/aromatic N) is 2. The quantitative estimate of drug-likeness (QED) is 0.662. The molecule has 114 valence electrons. The summed E-state index contributed by atoms with van der Waals surface area (Å²) < 4.78 is 0. The van der Waals surface area contributed by atoms with Crippen molar-refractivity contribution in [2.24, 2.45) is 10.9 Å². The number of aromatic hydroxyl groups is 1. The number of oxime groups is 1. The van der Waals surface area contributed by atoms with Crippen molar-refractivity contribution in [1.29, 1.82) is 0 Å². The van der Waals surface area contributed by atoms with Crippen LogP contribution in [0.5, 0.6) is 5.75 Å². The molecule has 1 aromatic rings. The summed E-state index contributed by atoms with van der Waals surface area (Å²) in [5.41, 5.74) is 6.77. The first-order valence-corrected chi connectivity index (χ1v) is 6.60. The minimum atomic E-state index is -0.783. The number of β-amino-alcohol motifs (C(OH)–C–C–N with tert-alkyl or cyclic N) is 1. The minimum absolute atomic E-state index is 0.136. The second-order valence-electron chi connectivity index (χ2n) is 5.00. The Bertz CT molecular complexity index is 530. The average Bonchev–Trinajstić information content (AvgIpc) is 2.83.